The summed E-state index contributed by atoms with van der Waals surface area (Å²) in [7, 11) is 0. The molecule has 1 fully saturated rings. The van der Waals surface area contributed by atoms with Crippen LogP contribution in [0.25, 0.3) is 0 Å². The molecule has 3 unspecified atom stereocenters. The Bertz CT molecular complexity index is 435. The van der Waals surface area contributed by atoms with Crippen LogP contribution in [0.1, 0.15) is 44.0 Å². The number of thiophene rings is 1. The van der Waals surface area contributed by atoms with Crippen LogP contribution in [0.15, 0.2) is 17.5 Å². The van der Waals surface area contributed by atoms with E-state index in [9.17, 15) is 4.79 Å². The van der Waals surface area contributed by atoms with E-state index < -0.39 is 0 Å². The molecule has 0 bridgehead atoms. The molecule has 1 heterocycles. The summed E-state index contributed by atoms with van der Waals surface area (Å²) in [5, 5.41) is 5.14. The van der Waals surface area contributed by atoms with Gasteiger partial charge in [-0.15, -0.1) is 11.3 Å². The van der Waals surface area contributed by atoms with E-state index in [-0.39, 0.29) is 11.9 Å². The fourth-order valence-electron chi connectivity index (χ4n) is 3.32. The van der Waals surface area contributed by atoms with Gasteiger partial charge in [-0.1, -0.05) is 19.4 Å². The Morgan fingerprint density at radius 2 is 2.38 bits per heavy atom. The van der Waals surface area contributed by atoms with E-state index in [2.05, 4.69) is 23.2 Å². The lowest BCUT2D eigenvalue weighted by Crippen LogP contribution is -2.46. The van der Waals surface area contributed by atoms with Crippen LogP contribution in [0.5, 0.6) is 0 Å². The van der Waals surface area contributed by atoms with Crippen LogP contribution in [0.3, 0.4) is 0 Å². The minimum atomic E-state index is 0.0880. The summed E-state index contributed by atoms with van der Waals surface area (Å²) in [4.78, 5) is 15.8. The summed E-state index contributed by atoms with van der Waals surface area (Å²) in [6, 6.07) is 4.65. The van der Waals surface area contributed by atoms with Crippen LogP contribution in [0, 0.1) is 5.92 Å². The Morgan fingerprint density at radius 3 is 3.00 bits per heavy atom. The monoisotopic (exact) mass is 309 g/mol. The number of nitrogens with zero attached hydrogens (tertiary/aromatic N) is 1. The molecule has 0 aromatic carbocycles. The van der Waals surface area contributed by atoms with Crippen LogP contribution in [-0.4, -0.2) is 36.5 Å². The molecule has 1 aromatic heterocycles. The second-order valence-electron chi connectivity index (χ2n) is 5.86. The second kappa shape index (κ2) is 7.92. The van der Waals surface area contributed by atoms with E-state index in [1.807, 2.05) is 18.4 Å². The van der Waals surface area contributed by atoms with Crippen LogP contribution in [-0.2, 0) is 4.79 Å². The minimum Gasteiger partial charge on any atom is -0.348 e. The molecule has 1 aliphatic rings. The topological polar surface area (TPSA) is 58.4 Å². The number of hydrogen-bond acceptors (Lipinski definition) is 4. The Kier molecular flexibility index (Phi) is 6.21. The van der Waals surface area contributed by atoms with Gasteiger partial charge in [-0.3, -0.25) is 9.69 Å². The molecular formula is C16H27N3OS. The van der Waals surface area contributed by atoms with Gasteiger partial charge in [0.1, 0.15) is 0 Å². The highest BCUT2D eigenvalue weighted by molar-refractivity contribution is 7.10. The maximum Gasteiger partial charge on any atom is 0.234 e. The average Bonchev–Trinajstić information content (AvgIpc) is 3.15. The summed E-state index contributed by atoms with van der Waals surface area (Å²) in [6.45, 7) is 6.28. The van der Waals surface area contributed by atoms with Gasteiger partial charge in [0.2, 0.25) is 5.91 Å². The van der Waals surface area contributed by atoms with Crippen LogP contribution < -0.4 is 11.1 Å². The molecule has 3 N–H and O–H groups in total. The number of nitrogens with two attached hydrogens (primary N) is 1. The first-order valence-electron chi connectivity index (χ1n) is 7.92. The molecular weight excluding hydrogens is 282 g/mol. The third kappa shape index (κ3) is 4.28. The van der Waals surface area contributed by atoms with Crippen molar-refractivity contribution < 1.29 is 4.79 Å². The molecule has 0 radical (unpaired) electrons. The van der Waals surface area contributed by atoms with Crippen LogP contribution >= 0.6 is 11.3 Å². The van der Waals surface area contributed by atoms with Crippen molar-refractivity contribution in [2.45, 2.75) is 45.2 Å². The van der Waals surface area contributed by atoms with Gasteiger partial charge < -0.3 is 11.1 Å². The summed E-state index contributed by atoms with van der Waals surface area (Å²) in [5.74, 6) is 0.660. The van der Waals surface area contributed by atoms with E-state index in [0.717, 1.165) is 13.1 Å². The van der Waals surface area contributed by atoms with Gasteiger partial charge in [-0.25, -0.2) is 0 Å². The van der Waals surface area contributed by atoms with Crippen LogP contribution in [0.4, 0.5) is 0 Å². The zero-order chi connectivity index (χ0) is 15.2. The van der Waals surface area contributed by atoms with Gasteiger partial charge in [0, 0.05) is 10.9 Å². The molecule has 118 valence electrons. The SMILES string of the molecule is CCN(CC(=O)NC(C)c1cccs1)C1CCCC1CN. The highest BCUT2D eigenvalue weighted by Crippen LogP contribution is 2.29. The van der Waals surface area contributed by atoms with Gasteiger partial charge >= 0.3 is 0 Å². The third-order valence-corrected chi connectivity index (χ3v) is 5.55. The number of amides is 1. The fourth-order valence-corrected chi connectivity index (χ4v) is 4.05. The number of hydrogen-bond donors (Lipinski definition) is 2. The highest BCUT2D eigenvalue weighted by atomic mass is 32.1. The number of likely N-dealkylation sites (N-methyl/N-ethyl adjacent to an activating group) is 1. The predicted molar refractivity (Wildman–Crippen MR) is 88.3 cm³/mol. The van der Waals surface area contributed by atoms with Gasteiger partial charge in [0.15, 0.2) is 0 Å². The van der Waals surface area contributed by atoms with Crippen LogP contribution in [0.2, 0.25) is 0 Å². The molecule has 0 aliphatic heterocycles. The van der Waals surface area contributed by atoms with Gasteiger partial charge in [-0.05, 0) is 50.2 Å². The largest absolute Gasteiger partial charge is 0.348 e. The zero-order valence-corrected chi connectivity index (χ0v) is 13.9. The molecule has 0 saturated heterocycles. The lowest BCUT2D eigenvalue weighted by atomic mass is 10.0. The van der Waals surface area contributed by atoms with Gasteiger partial charge in [-0.2, -0.15) is 0 Å². The number of carbonyl (C=O) groups excluding carboxylic acids is 1. The maximum atomic E-state index is 12.3. The number of nitrogens with one attached hydrogen (secondary N) is 1. The molecule has 1 amide bonds. The maximum absolute atomic E-state index is 12.3. The predicted octanol–water partition coefficient (Wildman–Crippen LogP) is 2.37. The van der Waals surface area contributed by atoms with Gasteiger partial charge in [0.05, 0.1) is 12.6 Å². The lowest BCUT2D eigenvalue weighted by Gasteiger charge is -2.31. The van der Waals surface area contributed by atoms with Crippen molar-refractivity contribution in [2.75, 3.05) is 19.6 Å². The Labute approximate surface area is 131 Å². The molecule has 0 spiro atoms. The summed E-state index contributed by atoms with van der Waals surface area (Å²) in [6.07, 6.45) is 3.60. The molecule has 2 rings (SSSR count). The molecule has 1 saturated carbocycles. The molecule has 1 aliphatic carbocycles. The zero-order valence-electron chi connectivity index (χ0n) is 13.0. The number of rotatable bonds is 7. The quantitative estimate of drug-likeness (QED) is 0.813. The first-order valence-corrected chi connectivity index (χ1v) is 8.80. The molecule has 21 heavy (non-hydrogen) atoms. The van der Waals surface area contributed by atoms with Gasteiger partial charge in [0.25, 0.3) is 0 Å². The summed E-state index contributed by atoms with van der Waals surface area (Å²) >= 11 is 1.68. The molecule has 5 heteroatoms. The Balaban J connectivity index is 1.87. The fraction of sp³-hybridized carbons (Fsp3) is 0.688. The molecule has 3 atom stereocenters. The standard InChI is InChI=1S/C16H27N3OS/c1-3-19(14-7-4-6-13(14)10-17)11-16(20)18-12(2)15-8-5-9-21-15/h5,8-9,12-14H,3-4,6-7,10-11,17H2,1-2H3,(H,18,20). The number of carbonyl (C=O) groups is 1. The van der Waals surface area contributed by atoms with E-state index >= 15 is 0 Å². The summed E-state index contributed by atoms with van der Waals surface area (Å²) in [5.41, 5.74) is 5.87. The van der Waals surface area contributed by atoms with Crippen molar-refractivity contribution in [3.8, 4) is 0 Å². The highest BCUT2D eigenvalue weighted by Gasteiger charge is 2.31. The lowest BCUT2D eigenvalue weighted by molar-refractivity contribution is -0.123. The van der Waals surface area contributed by atoms with Crippen molar-refractivity contribution in [1.29, 1.82) is 0 Å². The normalized spacial score (nSPS) is 23.4. The smallest absolute Gasteiger partial charge is 0.234 e. The Morgan fingerprint density at radius 1 is 1.57 bits per heavy atom. The van der Waals surface area contributed by atoms with E-state index in [4.69, 9.17) is 5.73 Å². The van der Waals surface area contributed by atoms with Crippen molar-refractivity contribution in [1.82, 2.24) is 10.2 Å². The van der Waals surface area contributed by atoms with Crippen molar-refractivity contribution in [3.63, 3.8) is 0 Å². The van der Waals surface area contributed by atoms with E-state index in [1.165, 1.54) is 24.1 Å². The first kappa shape index (κ1) is 16.5. The molecule has 4 nitrogen and oxygen atoms in total. The average molecular weight is 309 g/mol. The van der Waals surface area contributed by atoms with Crippen molar-refractivity contribution in [2.24, 2.45) is 11.7 Å². The van der Waals surface area contributed by atoms with E-state index in [0.29, 0.717) is 18.5 Å². The molecule has 1 aromatic rings. The van der Waals surface area contributed by atoms with E-state index in [1.54, 1.807) is 11.3 Å². The second-order valence-corrected chi connectivity index (χ2v) is 6.84. The third-order valence-electron chi connectivity index (χ3n) is 4.49. The minimum absolute atomic E-state index is 0.0880. The first-order chi connectivity index (χ1) is 10.2. The Hall–Kier alpha value is -0.910. The van der Waals surface area contributed by atoms with Crippen molar-refractivity contribution >= 4 is 17.2 Å². The van der Waals surface area contributed by atoms with Crippen molar-refractivity contribution in [3.05, 3.63) is 22.4 Å². The summed E-state index contributed by atoms with van der Waals surface area (Å²) < 4.78 is 0.